The minimum absolute atomic E-state index is 0.616. The molecule has 0 saturated heterocycles. The summed E-state index contributed by atoms with van der Waals surface area (Å²) in [6.45, 7) is 0. The van der Waals surface area contributed by atoms with E-state index < -0.39 is 0 Å². The van der Waals surface area contributed by atoms with E-state index in [4.69, 9.17) is 19.4 Å². The minimum Gasteiger partial charge on any atom is -0.456 e. The van der Waals surface area contributed by atoms with Crippen molar-refractivity contribution >= 4 is 43.7 Å². The lowest BCUT2D eigenvalue weighted by Gasteiger charge is -2.12. The summed E-state index contributed by atoms with van der Waals surface area (Å²) in [5, 5.41) is 4.63. The summed E-state index contributed by atoms with van der Waals surface area (Å²) in [7, 11) is 0. The number of nitrogens with zero attached hydrogens (tertiary/aromatic N) is 4. The number of furan rings is 1. The maximum absolute atomic E-state index is 6.25. The van der Waals surface area contributed by atoms with Gasteiger partial charge in [0.15, 0.2) is 17.5 Å². The van der Waals surface area contributed by atoms with Gasteiger partial charge < -0.3 is 8.98 Å². The molecule has 262 valence electrons. The average Bonchev–Trinajstić information content (AvgIpc) is 3.82. The lowest BCUT2D eigenvalue weighted by Crippen LogP contribution is -2.01. The van der Waals surface area contributed by atoms with E-state index >= 15 is 0 Å². The Bertz CT molecular complexity index is 3250. The van der Waals surface area contributed by atoms with Crippen LogP contribution in [0.2, 0.25) is 0 Å². The highest BCUT2D eigenvalue weighted by Crippen LogP contribution is 2.38. The molecule has 0 saturated carbocycles. The summed E-state index contributed by atoms with van der Waals surface area (Å²) in [4.78, 5) is 15.2. The fraction of sp³-hybridized carbons (Fsp3) is 0. The van der Waals surface area contributed by atoms with Crippen molar-refractivity contribution in [3.05, 3.63) is 194 Å². The molecule has 11 aromatic rings. The van der Waals surface area contributed by atoms with Gasteiger partial charge in [-0.15, -0.1) is 0 Å². The largest absolute Gasteiger partial charge is 0.456 e. The summed E-state index contributed by atoms with van der Waals surface area (Å²) in [5.41, 5.74) is 12.4. The van der Waals surface area contributed by atoms with Gasteiger partial charge in [-0.3, -0.25) is 0 Å². The van der Waals surface area contributed by atoms with Crippen LogP contribution in [-0.2, 0) is 0 Å². The van der Waals surface area contributed by atoms with Crippen molar-refractivity contribution in [3.8, 4) is 62.1 Å². The van der Waals surface area contributed by atoms with Crippen LogP contribution >= 0.6 is 0 Å². The van der Waals surface area contributed by atoms with E-state index in [1.165, 1.54) is 10.8 Å². The molecule has 8 aromatic carbocycles. The number of rotatable bonds is 6. The molecule has 0 fully saturated rings. The lowest BCUT2D eigenvalue weighted by atomic mass is 10.0. The third-order valence-corrected chi connectivity index (χ3v) is 10.6. The zero-order valence-electron chi connectivity index (χ0n) is 30.2. The molecule has 0 atom stereocenters. The number of fused-ring (bicyclic) bond motifs is 6. The Balaban J connectivity index is 1.04. The topological polar surface area (TPSA) is 56.7 Å². The summed E-state index contributed by atoms with van der Waals surface area (Å²) >= 11 is 0. The molecule has 3 aromatic heterocycles. The molecule has 0 aliphatic rings. The van der Waals surface area contributed by atoms with Crippen molar-refractivity contribution < 1.29 is 4.42 Å². The highest BCUT2D eigenvalue weighted by molar-refractivity contribution is 6.11. The van der Waals surface area contributed by atoms with Crippen molar-refractivity contribution in [2.45, 2.75) is 0 Å². The fourth-order valence-corrected chi connectivity index (χ4v) is 7.94. The molecule has 0 aliphatic heterocycles. The van der Waals surface area contributed by atoms with Crippen LogP contribution in [0.3, 0.4) is 0 Å². The second-order valence-electron chi connectivity index (χ2n) is 14.1. The Morgan fingerprint density at radius 2 is 0.839 bits per heavy atom. The molecule has 0 radical (unpaired) electrons. The molecule has 0 unspecified atom stereocenters. The molecule has 0 amide bonds. The molecule has 11 rings (SSSR count). The van der Waals surface area contributed by atoms with E-state index in [0.29, 0.717) is 17.5 Å². The first kappa shape index (κ1) is 31.9. The quantitative estimate of drug-likeness (QED) is 0.172. The van der Waals surface area contributed by atoms with Crippen LogP contribution in [0.5, 0.6) is 0 Å². The number of benzene rings is 8. The Morgan fingerprint density at radius 3 is 1.64 bits per heavy atom. The number of hydrogen-bond donors (Lipinski definition) is 0. The first-order chi connectivity index (χ1) is 27.7. The van der Waals surface area contributed by atoms with E-state index in [-0.39, 0.29) is 0 Å². The predicted octanol–water partition coefficient (Wildman–Crippen LogP) is 13.2. The molecule has 56 heavy (non-hydrogen) atoms. The van der Waals surface area contributed by atoms with Gasteiger partial charge in [-0.05, 0) is 76.9 Å². The summed E-state index contributed by atoms with van der Waals surface area (Å²) in [6.07, 6.45) is 0. The van der Waals surface area contributed by atoms with Crippen molar-refractivity contribution in [3.63, 3.8) is 0 Å². The average molecular weight is 717 g/mol. The zero-order valence-corrected chi connectivity index (χ0v) is 30.2. The van der Waals surface area contributed by atoms with Crippen LogP contribution in [0.1, 0.15) is 0 Å². The molecular formula is C51H32N4O. The molecule has 3 heterocycles. The van der Waals surface area contributed by atoms with Crippen molar-refractivity contribution in [2.24, 2.45) is 0 Å². The third-order valence-electron chi connectivity index (χ3n) is 10.6. The Kier molecular flexibility index (Phi) is 7.42. The summed E-state index contributed by atoms with van der Waals surface area (Å²) < 4.78 is 8.59. The Hall–Kier alpha value is -7.63. The van der Waals surface area contributed by atoms with E-state index in [9.17, 15) is 0 Å². The molecule has 5 heteroatoms. The van der Waals surface area contributed by atoms with Gasteiger partial charge in [0.2, 0.25) is 0 Å². The minimum atomic E-state index is 0.616. The van der Waals surface area contributed by atoms with Crippen LogP contribution in [0.25, 0.3) is 106 Å². The number of para-hydroxylation sites is 2. The highest BCUT2D eigenvalue weighted by Gasteiger charge is 2.17. The first-order valence-electron chi connectivity index (χ1n) is 18.8. The van der Waals surface area contributed by atoms with E-state index in [0.717, 1.165) is 77.6 Å². The first-order valence-corrected chi connectivity index (χ1v) is 18.8. The second kappa shape index (κ2) is 13.0. The van der Waals surface area contributed by atoms with Crippen LogP contribution in [0, 0.1) is 0 Å². The normalized spacial score (nSPS) is 11.6. The van der Waals surface area contributed by atoms with Gasteiger partial charge in [-0.25, -0.2) is 15.0 Å². The Morgan fingerprint density at radius 1 is 0.304 bits per heavy atom. The van der Waals surface area contributed by atoms with Gasteiger partial charge in [0, 0.05) is 43.9 Å². The number of hydrogen-bond acceptors (Lipinski definition) is 4. The molecule has 0 bridgehead atoms. The number of aromatic nitrogens is 4. The van der Waals surface area contributed by atoms with E-state index in [1.54, 1.807) is 0 Å². The molecule has 5 nitrogen and oxygen atoms in total. The van der Waals surface area contributed by atoms with Crippen LogP contribution < -0.4 is 0 Å². The van der Waals surface area contributed by atoms with Crippen LogP contribution in [-0.4, -0.2) is 19.5 Å². The van der Waals surface area contributed by atoms with Gasteiger partial charge >= 0.3 is 0 Å². The molecular weight excluding hydrogens is 685 g/mol. The maximum Gasteiger partial charge on any atom is 0.164 e. The highest BCUT2D eigenvalue weighted by atomic mass is 16.3. The van der Waals surface area contributed by atoms with Crippen molar-refractivity contribution in [2.75, 3.05) is 0 Å². The molecule has 0 N–H and O–H groups in total. The van der Waals surface area contributed by atoms with E-state index in [1.807, 2.05) is 48.5 Å². The van der Waals surface area contributed by atoms with Crippen LogP contribution in [0.4, 0.5) is 0 Å². The van der Waals surface area contributed by atoms with E-state index in [2.05, 4.69) is 150 Å². The van der Waals surface area contributed by atoms with Gasteiger partial charge in [0.1, 0.15) is 11.2 Å². The van der Waals surface area contributed by atoms with Crippen LogP contribution in [0.15, 0.2) is 199 Å². The zero-order chi connectivity index (χ0) is 37.0. The van der Waals surface area contributed by atoms with Crippen molar-refractivity contribution in [1.82, 2.24) is 19.5 Å². The van der Waals surface area contributed by atoms with Gasteiger partial charge in [-0.1, -0.05) is 140 Å². The van der Waals surface area contributed by atoms with Crippen molar-refractivity contribution in [1.29, 1.82) is 0 Å². The summed E-state index contributed by atoms with van der Waals surface area (Å²) in [6, 6.07) is 67.5. The lowest BCUT2D eigenvalue weighted by molar-refractivity contribution is 0.669. The Labute approximate surface area is 322 Å². The SMILES string of the molecule is c1ccc(-c2cccc(-c3nc(-c4ccccc4)nc(-c4cccc(-n5c6ccccc6c6cc(-c7ccc8c(c7)oc7ccccc78)ccc65)c4)n3)c2)cc1. The van der Waals surface area contributed by atoms with Gasteiger partial charge in [0.05, 0.1) is 11.0 Å². The second-order valence-corrected chi connectivity index (χ2v) is 14.1. The monoisotopic (exact) mass is 716 g/mol. The molecule has 0 spiro atoms. The smallest absolute Gasteiger partial charge is 0.164 e. The maximum atomic E-state index is 6.25. The predicted molar refractivity (Wildman–Crippen MR) is 229 cm³/mol. The third kappa shape index (κ3) is 5.45. The standard InChI is InChI=1S/C51H32N4O/c1-3-13-33(14-4-1)35-17-11-18-38(29-35)50-52-49(34-15-5-2-6-16-34)53-51(54-50)39-19-12-20-40(30-39)55-45-23-9-7-21-41(45)44-31-36(26-28-46(44)55)37-25-27-43-42-22-8-10-24-47(42)56-48(43)32-37/h1-32H. The van der Waals surface area contributed by atoms with Gasteiger partial charge in [-0.2, -0.15) is 0 Å². The fourth-order valence-electron chi connectivity index (χ4n) is 7.94. The van der Waals surface area contributed by atoms with Gasteiger partial charge in [0.25, 0.3) is 0 Å². The molecule has 0 aliphatic carbocycles. The summed E-state index contributed by atoms with van der Waals surface area (Å²) in [5.74, 6) is 1.87.